The topological polar surface area (TPSA) is 31.4 Å². The summed E-state index contributed by atoms with van der Waals surface area (Å²) in [6.07, 6.45) is 1.84. The second-order valence-corrected chi connectivity index (χ2v) is 7.64. The van der Waals surface area contributed by atoms with Crippen molar-refractivity contribution >= 4 is 22.5 Å². The summed E-state index contributed by atoms with van der Waals surface area (Å²) in [6.45, 7) is 0. The van der Waals surface area contributed by atoms with Crippen LogP contribution in [0.3, 0.4) is 0 Å². The number of ether oxygens (including phenoxy) is 2. The zero-order valence-corrected chi connectivity index (χ0v) is 17.1. The van der Waals surface area contributed by atoms with E-state index in [2.05, 4.69) is 36.4 Å². The molecule has 4 heteroatoms. The van der Waals surface area contributed by atoms with Crippen LogP contribution in [0.1, 0.15) is 11.1 Å². The van der Waals surface area contributed by atoms with Crippen molar-refractivity contribution in [2.75, 3.05) is 14.2 Å². The molecule has 3 aromatic carbocycles. The van der Waals surface area contributed by atoms with Gasteiger partial charge >= 0.3 is 0 Å². The first-order valence-corrected chi connectivity index (χ1v) is 10.00. The zero-order chi connectivity index (χ0) is 20.0. The number of aryl methyl sites for hydroxylation is 1. The molecule has 0 radical (unpaired) electrons. The van der Waals surface area contributed by atoms with Crippen molar-refractivity contribution in [3.05, 3.63) is 76.8 Å². The number of halogens is 1. The minimum atomic E-state index is 0.721. The van der Waals surface area contributed by atoms with E-state index in [9.17, 15) is 0 Å². The fourth-order valence-corrected chi connectivity index (χ4v) is 4.46. The second kappa shape index (κ2) is 7.09. The molecule has 1 heterocycles. The molecule has 0 bridgehead atoms. The van der Waals surface area contributed by atoms with E-state index in [0.29, 0.717) is 0 Å². The molecule has 1 aliphatic rings. The van der Waals surface area contributed by atoms with Gasteiger partial charge in [0.25, 0.3) is 0 Å². The van der Waals surface area contributed by atoms with E-state index < -0.39 is 0 Å². The van der Waals surface area contributed by atoms with Crippen molar-refractivity contribution in [2.24, 2.45) is 0 Å². The molecule has 144 valence electrons. The third-order valence-corrected chi connectivity index (χ3v) is 5.85. The molecule has 0 saturated heterocycles. The molecule has 0 saturated carbocycles. The van der Waals surface area contributed by atoms with Gasteiger partial charge in [-0.15, -0.1) is 0 Å². The summed E-state index contributed by atoms with van der Waals surface area (Å²) >= 11 is 6.36. The van der Waals surface area contributed by atoms with Gasteiger partial charge in [-0.2, -0.15) is 0 Å². The number of hydrogen-bond acceptors (Lipinski definition) is 3. The number of rotatable bonds is 3. The Morgan fingerprint density at radius 3 is 2.38 bits per heavy atom. The van der Waals surface area contributed by atoms with Gasteiger partial charge in [-0.1, -0.05) is 41.9 Å². The predicted octanol–water partition coefficient (Wildman–Crippen LogP) is 6.34. The first kappa shape index (κ1) is 18.0. The third-order valence-electron chi connectivity index (χ3n) is 5.62. The molecule has 0 fully saturated rings. The van der Waals surface area contributed by atoms with E-state index >= 15 is 0 Å². The molecule has 0 atom stereocenters. The van der Waals surface area contributed by atoms with Gasteiger partial charge in [0.05, 0.1) is 25.4 Å². The molecule has 0 amide bonds. The Morgan fingerprint density at radius 1 is 0.862 bits per heavy atom. The highest BCUT2D eigenvalue weighted by Crippen LogP contribution is 2.44. The molecule has 4 aromatic rings. The Hall–Kier alpha value is -3.04. The van der Waals surface area contributed by atoms with Gasteiger partial charge in [0.2, 0.25) is 0 Å². The lowest BCUT2D eigenvalue weighted by molar-refractivity contribution is 0.354. The molecule has 1 aliphatic carbocycles. The lowest BCUT2D eigenvalue weighted by atomic mass is 9.83. The van der Waals surface area contributed by atoms with Crippen LogP contribution in [0.15, 0.2) is 60.7 Å². The Labute approximate surface area is 174 Å². The fourth-order valence-electron chi connectivity index (χ4n) is 4.28. The number of methoxy groups -OCH3 is 2. The van der Waals surface area contributed by atoms with Crippen LogP contribution < -0.4 is 9.47 Å². The van der Waals surface area contributed by atoms with Crippen LogP contribution >= 0.6 is 11.6 Å². The van der Waals surface area contributed by atoms with E-state index in [4.69, 9.17) is 26.1 Å². The molecular formula is C25H20ClNO2. The SMILES string of the molecule is COc1cc2c(cc1OC)-c1nc3ccc(Cl)cc3c(-c3ccccc3)c1CC2. The quantitative estimate of drug-likeness (QED) is 0.401. The van der Waals surface area contributed by atoms with Crippen LogP contribution in [0.5, 0.6) is 11.5 Å². The minimum Gasteiger partial charge on any atom is -0.493 e. The Balaban J connectivity index is 1.86. The molecule has 3 nitrogen and oxygen atoms in total. The fraction of sp³-hybridized carbons (Fsp3) is 0.160. The molecule has 0 N–H and O–H groups in total. The van der Waals surface area contributed by atoms with Crippen LogP contribution in [0.2, 0.25) is 5.02 Å². The Bertz CT molecular complexity index is 1240. The maximum atomic E-state index is 6.36. The van der Waals surface area contributed by atoms with E-state index in [1.807, 2.05) is 24.3 Å². The van der Waals surface area contributed by atoms with Crippen LogP contribution in [0.4, 0.5) is 0 Å². The minimum absolute atomic E-state index is 0.721. The molecule has 0 unspecified atom stereocenters. The first-order chi connectivity index (χ1) is 14.2. The molecule has 29 heavy (non-hydrogen) atoms. The van der Waals surface area contributed by atoms with Crippen molar-refractivity contribution < 1.29 is 9.47 Å². The van der Waals surface area contributed by atoms with Gasteiger partial charge in [0.15, 0.2) is 11.5 Å². The second-order valence-electron chi connectivity index (χ2n) is 7.21. The van der Waals surface area contributed by atoms with E-state index in [-0.39, 0.29) is 0 Å². The lowest BCUT2D eigenvalue weighted by Gasteiger charge is -2.25. The maximum Gasteiger partial charge on any atom is 0.161 e. The van der Waals surface area contributed by atoms with Crippen LogP contribution in [-0.4, -0.2) is 19.2 Å². The normalized spacial score (nSPS) is 12.4. The Kier molecular flexibility index (Phi) is 4.40. The van der Waals surface area contributed by atoms with E-state index in [1.165, 1.54) is 22.3 Å². The van der Waals surface area contributed by atoms with Gasteiger partial charge in [0, 0.05) is 16.0 Å². The largest absolute Gasteiger partial charge is 0.493 e. The highest BCUT2D eigenvalue weighted by Gasteiger charge is 2.25. The summed E-state index contributed by atoms with van der Waals surface area (Å²) < 4.78 is 11.1. The lowest BCUT2D eigenvalue weighted by Crippen LogP contribution is -2.09. The summed E-state index contributed by atoms with van der Waals surface area (Å²) in [4.78, 5) is 5.06. The highest BCUT2D eigenvalue weighted by molar-refractivity contribution is 6.31. The van der Waals surface area contributed by atoms with Crippen LogP contribution in [0, 0.1) is 0 Å². The van der Waals surface area contributed by atoms with Crippen molar-refractivity contribution in [3.63, 3.8) is 0 Å². The van der Waals surface area contributed by atoms with Gasteiger partial charge < -0.3 is 9.47 Å². The summed E-state index contributed by atoms with van der Waals surface area (Å²) in [5.74, 6) is 1.48. The van der Waals surface area contributed by atoms with Crippen molar-refractivity contribution in [3.8, 4) is 33.9 Å². The summed E-state index contributed by atoms with van der Waals surface area (Å²) in [7, 11) is 3.34. The number of pyridine rings is 1. The third kappa shape index (κ3) is 2.93. The molecular weight excluding hydrogens is 382 g/mol. The van der Waals surface area contributed by atoms with Crippen molar-refractivity contribution in [2.45, 2.75) is 12.8 Å². The number of aromatic nitrogens is 1. The first-order valence-electron chi connectivity index (χ1n) is 9.62. The smallest absolute Gasteiger partial charge is 0.161 e. The number of fused-ring (bicyclic) bond motifs is 4. The number of nitrogens with zero attached hydrogens (tertiary/aromatic N) is 1. The predicted molar refractivity (Wildman–Crippen MR) is 118 cm³/mol. The summed E-state index contributed by atoms with van der Waals surface area (Å²) in [6, 6.07) is 20.5. The zero-order valence-electron chi connectivity index (χ0n) is 16.3. The van der Waals surface area contributed by atoms with E-state index in [1.54, 1.807) is 14.2 Å². The van der Waals surface area contributed by atoms with Gasteiger partial charge in [-0.3, -0.25) is 0 Å². The molecule has 0 aliphatic heterocycles. The Morgan fingerprint density at radius 2 is 1.62 bits per heavy atom. The average molecular weight is 402 g/mol. The monoisotopic (exact) mass is 401 g/mol. The van der Waals surface area contributed by atoms with Crippen LogP contribution in [0.25, 0.3) is 33.3 Å². The number of hydrogen-bond donors (Lipinski definition) is 0. The molecule has 5 rings (SSSR count). The molecule has 1 aromatic heterocycles. The molecule has 0 spiro atoms. The standard InChI is InChI=1S/C25H20ClNO2/c1-28-22-12-16-8-10-18-24(15-6-4-3-5-7-15)20-13-17(26)9-11-21(20)27-25(18)19(16)14-23(22)29-2/h3-7,9,11-14H,8,10H2,1-2H3. The summed E-state index contributed by atoms with van der Waals surface area (Å²) in [5, 5.41) is 1.81. The van der Waals surface area contributed by atoms with Crippen molar-refractivity contribution in [1.82, 2.24) is 4.98 Å². The van der Waals surface area contributed by atoms with E-state index in [0.717, 1.165) is 51.5 Å². The maximum absolute atomic E-state index is 6.36. The highest BCUT2D eigenvalue weighted by atomic mass is 35.5. The average Bonchev–Trinajstić information content (AvgIpc) is 2.77. The summed E-state index contributed by atoms with van der Waals surface area (Å²) in [5.41, 5.74) is 7.95. The number of benzene rings is 3. The van der Waals surface area contributed by atoms with Crippen molar-refractivity contribution in [1.29, 1.82) is 0 Å². The van der Waals surface area contributed by atoms with Gasteiger partial charge in [-0.05, 0) is 65.4 Å². The van der Waals surface area contributed by atoms with Gasteiger partial charge in [0.1, 0.15) is 0 Å². The van der Waals surface area contributed by atoms with Gasteiger partial charge in [-0.25, -0.2) is 4.98 Å². The van der Waals surface area contributed by atoms with Crippen LogP contribution in [-0.2, 0) is 12.8 Å².